The zero-order valence-electron chi connectivity index (χ0n) is 10.2. The Morgan fingerprint density at radius 1 is 1.33 bits per heavy atom. The summed E-state index contributed by atoms with van der Waals surface area (Å²) in [6.45, 7) is 0.743. The van der Waals surface area contributed by atoms with Crippen LogP contribution in [0, 0.1) is 5.41 Å². The molecule has 1 saturated heterocycles. The quantitative estimate of drug-likeness (QED) is 0.766. The van der Waals surface area contributed by atoms with Crippen LogP contribution in [0.2, 0.25) is 0 Å². The molecule has 4 heteroatoms. The van der Waals surface area contributed by atoms with E-state index in [0.29, 0.717) is 12.0 Å². The molecule has 4 nitrogen and oxygen atoms in total. The van der Waals surface area contributed by atoms with E-state index in [4.69, 9.17) is 5.73 Å². The molecule has 0 bridgehead atoms. The summed E-state index contributed by atoms with van der Waals surface area (Å²) in [6.07, 6.45) is 3.23. The molecule has 0 aromatic heterocycles. The van der Waals surface area contributed by atoms with Gasteiger partial charge in [-0.05, 0) is 42.9 Å². The number of carbonyl (C=O) groups is 2. The van der Waals surface area contributed by atoms with Crippen molar-refractivity contribution in [3.63, 3.8) is 0 Å². The first kappa shape index (κ1) is 11.3. The largest absolute Gasteiger partial charge is 0.366 e. The van der Waals surface area contributed by atoms with Crippen LogP contribution in [0.25, 0.3) is 0 Å². The van der Waals surface area contributed by atoms with Crippen molar-refractivity contribution >= 4 is 11.8 Å². The highest BCUT2D eigenvalue weighted by molar-refractivity contribution is 5.95. The average Bonchev–Trinajstić information content (AvgIpc) is 2.70. The van der Waals surface area contributed by atoms with Crippen molar-refractivity contribution < 1.29 is 9.59 Å². The molecule has 1 atom stereocenters. The molecule has 94 valence electrons. The first-order chi connectivity index (χ1) is 8.62. The van der Waals surface area contributed by atoms with Crippen LogP contribution in [0.5, 0.6) is 0 Å². The Kier molecular flexibility index (Phi) is 2.40. The lowest BCUT2D eigenvalue weighted by atomic mass is 9.69. The van der Waals surface area contributed by atoms with E-state index in [-0.39, 0.29) is 11.3 Å². The lowest BCUT2D eigenvalue weighted by molar-refractivity contribution is -0.128. The zero-order chi connectivity index (χ0) is 12.8. The fourth-order valence-electron chi connectivity index (χ4n) is 3.23. The van der Waals surface area contributed by atoms with Gasteiger partial charge in [0.15, 0.2) is 0 Å². The van der Waals surface area contributed by atoms with Crippen molar-refractivity contribution in [3.05, 3.63) is 34.9 Å². The number of nitrogens with two attached hydrogens (primary N) is 1. The topological polar surface area (TPSA) is 72.2 Å². The molecule has 0 radical (unpaired) electrons. The van der Waals surface area contributed by atoms with Crippen LogP contribution < -0.4 is 11.1 Å². The van der Waals surface area contributed by atoms with Gasteiger partial charge >= 0.3 is 0 Å². The molecule has 1 aliphatic carbocycles. The van der Waals surface area contributed by atoms with Crippen molar-refractivity contribution in [2.45, 2.75) is 25.7 Å². The Labute approximate surface area is 106 Å². The van der Waals surface area contributed by atoms with Crippen LogP contribution in [0.1, 0.15) is 34.3 Å². The van der Waals surface area contributed by atoms with Crippen molar-refractivity contribution in [1.29, 1.82) is 0 Å². The third-order valence-electron chi connectivity index (χ3n) is 4.30. The van der Waals surface area contributed by atoms with Gasteiger partial charge in [-0.15, -0.1) is 0 Å². The van der Waals surface area contributed by atoms with Crippen molar-refractivity contribution in [1.82, 2.24) is 5.32 Å². The number of primary amides is 1. The summed E-state index contributed by atoms with van der Waals surface area (Å²) in [6, 6.07) is 5.65. The number of amides is 2. The second kappa shape index (κ2) is 3.83. The summed E-state index contributed by atoms with van der Waals surface area (Å²) < 4.78 is 0. The smallest absolute Gasteiger partial charge is 0.248 e. The number of hydrogen-bond donors (Lipinski definition) is 2. The lowest BCUT2D eigenvalue weighted by Crippen LogP contribution is -2.37. The predicted octanol–water partition coefficient (Wildman–Crippen LogP) is 0.780. The molecule has 1 fully saturated rings. The molecule has 2 amide bonds. The van der Waals surface area contributed by atoms with Gasteiger partial charge in [0.25, 0.3) is 0 Å². The van der Waals surface area contributed by atoms with Crippen molar-refractivity contribution in [2.75, 3.05) is 6.54 Å². The monoisotopic (exact) mass is 244 g/mol. The van der Waals surface area contributed by atoms with E-state index in [1.165, 1.54) is 0 Å². The molecule has 1 unspecified atom stereocenters. The highest BCUT2D eigenvalue weighted by Crippen LogP contribution is 2.41. The van der Waals surface area contributed by atoms with Gasteiger partial charge in [0, 0.05) is 12.1 Å². The molecule has 1 spiro atoms. The van der Waals surface area contributed by atoms with Gasteiger partial charge in [-0.1, -0.05) is 12.1 Å². The maximum atomic E-state index is 12.0. The van der Waals surface area contributed by atoms with Gasteiger partial charge in [0.2, 0.25) is 11.8 Å². The first-order valence-corrected chi connectivity index (χ1v) is 6.31. The zero-order valence-corrected chi connectivity index (χ0v) is 10.2. The summed E-state index contributed by atoms with van der Waals surface area (Å²) in [5.41, 5.74) is 7.83. The molecule has 1 heterocycles. The number of rotatable bonds is 1. The van der Waals surface area contributed by atoms with Crippen LogP contribution in [0.4, 0.5) is 0 Å². The Morgan fingerprint density at radius 3 is 2.83 bits per heavy atom. The van der Waals surface area contributed by atoms with Gasteiger partial charge in [0.05, 0.1) is 5.41 Å². The molecular formula is C14H16N2O2. The third kappa shape index (κ3) is 1.52. The molecule has 0 saturated carbocycles. The normalized spacial score (nSPS) is 25.9. The number of nitrogens with one attached hydrogen (secondary N) is 1. The van der Waals surface area contributed by atoms with E-state index in [9.17, 15) is 9.59 Å². The van der Waals surface area contributed by atoms with Gasteiger partial charge < -0.3 is 11.1 Å². The Morgan fingerprint density at radius 2 is 2.17 bits per heavy atom. The summed E-state index contributed by atoms with van der Waals surface area (Å²) >= 11 is 0. The standard InChI is InChI=1S/C14H16N2O2/c15-12(17)10-3-1-2-9-4-5-14(8-11(9)10)6-7-16-13(14)18/h1-3H,4-8H2,(H2,15,17)(H,16,18). The van der Waals surface area contributed by atoms with E-state index in [2.05, 4.69) is 5.32 Å². The molecule has 3 rings (SSSR count). The highest BCUT2D eigenvalue weighted by atomic mass is 16.2. The Bertz CT molecular complexity index is 539. The average molecular weight is 244 g/mol. The molecule has 18 heavy (non-hydrogen) atoms. The first-order valence-electron chi connectivity index (χ1n) is 6.31. The van der Waals surface area contributed by atoms with Crippen LogP contribution in [0.3, 0.4) is 0 Å². The number of hydrogen-bond acceptors (Lipinski definition) is 2. The summed E-state index contributed by atoms with van der Waals surface area (Å²) in [5.74, 6) is -0.269. The minimum Gasteiger partial charge on any atom is -0.366 e. The molecule has 1 aromatic rings. The van der Waals surface area contributed by atoms with Gasteiger partial charge in [-0.2, -0.15) is 0 Å². The molecule has 1 aromatic carbocycles. The van der Waals surface area contributed by atoms with E-state index in [1.54, 1.807) is 6.07 Å². The third-order valence-corrected chi connectivity index (χ3v) is 4.30. The fraction of sp³-hybridized carbons (Fsp3) is 0.429. The minimum absolute atomic E-state index is 0.132. The molecular weight excluding hydrogens is 228 g/mol. The van der Waals surface area contributed by atoms with E-state index in [1.807, 2.05) is 12.1 Å². The van der Waals surface area contributed by atoms with Crippen LogP contribution in [-0.4, -0.2) is 18.4 Å². The van der Waals surface area contributed by atoms with Gasteiger partial charge in [-0.25, -0.2) is 0 Å². The molecule has 2 aliphatic rings. The number of carbonyl (C=O) groups excluding carboxylic acids is 2. The summed E-state index contributed by atoms with van der Waals surface area (Å²) in [5, 5.41) is 2.90. The lowest BCUT2D eigenvalue weighted by Gasteiger charge is -2.32. The van der Waals surface area contributed by atoms with Crippen LogP contribution in [0.15, 0.2) is 18.2 Å². The maximum Gasteiger partial charge on any atom is 0.248 e. The van der Waals surface area contributed by atoms with Gasteiger partial charge in [0.1, 0.15) is 0 Å². The van der Waals surface area contributed by atoms with Crippen molar-refractivity contribution in [2.24, 2.45) is 11.1 Å². The summed E-state index contributed by atoms with van der Waals surface area (Å²) in [7, 11) is 0. The Balaban J connectivity index is 2.06. The summed E-state index contributed by atoms with van der Waals surface area (Å²) in [4.78, 5) is 23.5. The van der Waals surface area contributed by atoms with Crippen molar-refractivity contribution in [3.8, 4) is 0 Å². The number of aryl methyl sites for hydroxylation is 1. The highest BCUT2D eigenvalue weighted by Gasteiger charge is 2.44. The fourth-order valence-corrected chi connectivity index (χ4v) is 3.23. The SMILES string of the molecule is NC(=O)c1cccc2c1CC1(CCNC1=O)CC2. The second-order valence-corrected chi connectivity index (χ2v) is 5.27. The predicted molar refractivity (Wildman–Crippen MR) is 67.0 cm³/mol. The van der Waals surface area contributed by atoms with E-state index >= 15 is 0 Å². The van der Waals surface area contributed by atoms with Gasteiger partial charge in [-0.3, -0.25) is 9.59 Å². The van der Waals surface area contributed by atoms with E-state index in [0.717, 1.165) is 36.9 Å². The minimum atomic E-state index is -0.401. The van der Waals surface area contributed by atoms with E-state index < -0.39 is 5.91 Å². The van der Waals surface area contributed by atoms with Crippen LogP contribution in [-0.2, 0) is 17.6 Å². The maximum absolute atomic E-state index is 12.0. The number of fused-ring (bicyclic) bond motifs is 1. The second-order valence-electron chi connectivity index (χ2n) is 5.27. The molecule has 1 aliphatic heterocycles. The molecule has 3 N–H and O–H groups in total. The Hall–Kier alpha value is -1.84. The van der Waals surface area contributed by atoms with Crippen LogP contribution >= 0.6 is 0 Å². The number of benzene rings is 1.